The molecule has 0 fully saturated rings. The van der Waals surface area contributed by atoms with E-state index in [1.54, 1.807) is 31.4 Å². The van der Waals surface area contributed by atoms with Gasteiger partial charge in [0.25, 0.3) is 5.69 Å². The van der Waals surface area contributed by atoms with Crippen LogP contribution in [-0.2, 0) is 11.3 Å². The SMILES string of the molecule is CCn1c(SCC(=O)Nc2cc([N+](=O)[O-])ccc2Cl)nnc1C(C)Oc1ccc(OC)cc1. The normalized spacial score (nSPS) is 11.6. The summed E-state index contributed by atoms with van der Waals surface area (Å²) in [5.41, 5.74) is 0.0131. The molecule has 174 valence electrons. The Morgan fingerprint density at radius 2 is 1.94 bits per heavy atom. The summed E-state index contributed by atoms with van der Waals surface area (Å²) in [6.45, 7) is 4.39. The van der Waals surface area contributed by atoms with Crippen LogP contribution in [0.2, 0.25) is 5.02 Å². The van der Waals surface area contributed by atoms with Crippen molar-refractivity contribution in [3.8, 4) is 11.5 Å². The first-order valence-corrected chi connectivity index (χ1v) is 11.3. The second-order valence-electron chi connectivity index (χ2n) is 6.78. The van der Waals surface area contributed by atoms with Crippen molar-refractivity contribution in [3.63, 3.8) is 0 Å². The van der Waals surface area contributed by atoms with Crippen molar-refractivity contribution in [2.24, 2.45) is 0 Å². The molecule has 0 bridgehead atoms. The van der Waals surface area contributed by atoms with Crippen LogP contribution in [0.5, 0.6) is 11.5 Å². The summed E-state index contributed by atoms with van der Waals surface area (Å²) in [5, 5.41) is 22.7. The number of methoxy groups -OCH3 is 1. The van der Waals surface area contributed by atoms with E-state index in [0.29, 0.717) is 23.3 Å². The zero-order chi connectivity index (χ0) is 24.0. The number of hydrogen-bond acceptors (Lipinski definition) is 8. The molecule has 12 heteroatoms. The molecule has 1 amide bonds. The lowest BCUT2D eigenvalue weighted by atomic mass is 10.3. The molecule has 10 nitrogen and oxygen atoms in total. The van der Waals surface area contributed by atoms with Crippen LogP contribution in [0.4, 0.5) is 11.4 Å². The maximum Gasteiger partial charge on any atom is 0.271 e. The number of thioether (sulfide) groups is 1. The van der Waals surface area contributed by atoms with E-state index in [0.717, 1.165) is 5.75 Å². The molecule has 1 N–H and O–H groups in total. The van der Waals surface area contributed by atoms with Gasteiger partial charge in [0.1, 0.15) is 11.5 Å². The van der Waals surface area contributed by atoms with Crippen LogP contribution in [0.1, 0.15) is 25.8 Å². The van der Waals surface area contributed by atoms with Crippen molar-refractivity contribution in [1.82, 2.24) is 14.8 Å². The molecule has 0 radical (unpaired) electrons. The standard InChI is InChI=1S/C21H22ClN5O5S/c1-4-26-20(13(2)32-16-8-6-15(31-3)7-9-16)24-25-21(26)33-12-19(28)23-18-11-14(27(29)30)5-10-17(18)22/h5-11,13H,4,12H2,1-3H3,(H,23,28). The highest BCUT2D eigenvalue weighted by Crippen LogP contribution is 2.28. The van der Waals surface area contributed by atoms with E-state index in [2.05, 4.69) is 15.5 Å². The maximum atomic E-state index is 12.4. The number of benzene rings is 2. The van der Waals surface area contributed by atoms with E-state index < -0.39 is 4.92 Å². The Morgan fingerprint density at radius 3 is 2.58 bits per heavy atom. The third-order valence-electron chi connectivity index (χ3n) is 4.56. The predicted octanol–water partition coefficient (Wildman–Crippen LogP) is 4.74. The third-order valence-corrected chi connectivity index (χ3v) is 5.86. The van der Waals surface area contributed by atoms with Gasteiger partial charge in [0.05, 0.1) is 28.5 Å². The van der Waals surface area contributed by atoms with Crippen molar-refractivity contribution in [2.45, 2.75) is 31.7 Å². The van der Waals surface area contributed by atoms with Gasteiger partial charge in [0, 0.05) is 18.7 Å². The summed E-state index contributed by atoms with van der Waals surface area (Å²) in [5.74, 6) is 1.66. The number of ether oxygens (including phenoxy) is 2. The van der Waals surface area contributed by atoms with Crippen LogP contribution >= 0.6 is 23.4 Å². The molecule has 0 aliphatic rings. The number of anilines is 1. The van der Waals surface area contributed by atoms with Crippen LogP contribution in [0.3, 0.4) is 0 Å². The van der Waals surface area contributed by atoms with Crippen molar-refractivity contribution < 1.29 is 19.2 Å². The minimum absolute atomic E-state index is 0.0187. The molecule has 1 unspecified atom stereocenters. The molecule has 3 aromatic rings. The molecule has 0 aliphatic carbocycles. The number of nitro benzene ring substituents is 1. The maximum absolute atomic E-state index is 12.4. The van der Waals surface area contributed by atoms with E-state index >= 15 is 0 Å². The number of aromatic nitrogens is 3. The number of amides is 1. The highest BCUT2D eigenvalue weighted by atomic mass is 35.5. The highest BCUT2D eigenvalue weighted by molar-refractivity contribution is 7.99. The average molecular weight is 492 g/mol. The fraction of sp³-hybridized carbons (Fsp3) is 0.286. The number of non-ortho nitro benzene ring substituents is 1. The Balaban J connectivity index is 1.64. The number of nitrogens with one attached hydrogen (secondary N) is 1. The van der Waals surface area contributed by atoms with Crippen molar-refractivity contribution in [1.29, 1.82) is 0 Å². The molecule has 0 saturated carbocycles. The number of carbonyl (C=O) groups is 1. The van der Waals surface area contributed by atoms with E-state index in [1.165, 1.54) is 30.0 Å². The van der Waals surface area contributed by atoms with Gasteiger partial charge in [0.2, 0.25) is 5.91 Å². The van der Waals surface area contributed by atoms with E-state index in [9.17, 15) is 14.9 Å². The summed E-state index contributed by atoms with van der Waals surface area (Å²) in [4.78, 5) is 22.8. The van der Waals surface area contributed by atoms with Gasteiger partial charge in [-0.2, -0.15) is 0 Å². The number of rotatable bonds is 10. The third kappa shape index (κ3) is 6.14. The second kappa shape index (κ2) is 11.0. The predicted molar refractivity (Wildman–Crippen MR) is 125 cm³/mol. The number of halogens is 1. The van der Waals surface area contributed by atoms with Gasteiger partial charge in [-0.05, 0) is 44.2 Å². The van der Waals surface area contributed by atoms with Gasteiger partial charge in [-0.15, -0.1) is 10.2 Å². The Hall–Kier alpha value is -3.31. The zero-order valence-electron chi connectivity index (χ0n) is 18.1. The van der Waals surface area contributed by atoms with Gasteiger partial charge in [-0.3, -0.25) is 14.9 Å². The Labute approximate surface area is 199 Å². The number of hydrogen-bond donors (Lipinski definition) is 1. The minimum Gasteiger partial charge on any atom is -0.497 e. The van der Waals surface area contributed by atoms with Gasteiger partial charge in [0.15, 0.2) is 17.1 Å². The summed E-state index contributed by atoms with van der Waals surface area (Å²) in [6, 6.07) is 11.1. The van der Waals surface area contributed by atoms with Crippen LogP contribution in [0.15, 0.2) is 47.6 Å². The van der Waals surface area contributed by atoms with Crippen LogP contribution in [-0.4, -0.2) is 38.5 Å². The first-order chi connectivity index (χ1) is 15.8. The monoisotopic (exact) mass is 491 g/mol. The minimum atomic E-state index is -0.554. The first kappa shape index (κ1) is 24.3. The van der Waals surface area contributed by atoms with Gasteiger partial charge < -0.3 is 19.4 Å². The number of nitrogens with zero attached hydrogens (tertiary/aromatic N) is 4. The van der Waals surface area contributed by atoms with E-state index in [-0.39, 0.29) is 34.2 Å². The topological polar surface area (TPSA) is 121 Å². The fourth-order valence-corrected chi connectivity index (χ4v) is 3.93. The first-order valence-electron chi connectivity index (χ1n) is 9.92. The van der Waals surface area contributed by atoms with E-state index in [4.69, 9.17) is 21.1 Å². The Morgan fingerprint density at radius 1 is 1.24 bits per heavy atom. The molecule has 1 atom stereocenters. The Kier molecular flexibility index (Phi) is 8.12. The Bertz CT molecular complexity index is 1140. The summed E-state index contributed by atoms with van der Waals surface area (Å²) >= 11 is 7.23. The van der Waals surface area contributed by atoms with Crippen molar-refractivity contribution in [2.75, 3.05) is 18.2 Å². The van der Waals surface area contributed by atoms with Crippen LogP contribution < -0.4 is 14.8 Å². The summed E-state index contributed by atoms with van der Waals surface area (Å²) in [6.07, 6.45) is -0.377. The number of carbonyl (C=O) groups excluding carboxylic acids is 1. The highest BCUT2D eigenvalue weighted by Gasteiger charge is 2.20. The summed E-state index contributed by atoms with van der Waals surface area (Å²) < 4.78 is 13.0. The lowest BCUT2D eigenvalue weighted by molar-refractivity contribution is -0.384. The quantitative estimate of drug-likeness (QED) is 0.245. The lowest BCUT2D eigenvalue weighted by Crippen LogP contribution is -2.16. The van der Waals surface area contributed by atoms with E-state index in [1.807, 2.05) is 18.4 Å². The largest absolute Gasteiger partial charge is 0.497 e. The molecule has 2 aromatic carbocycles. The summed E-state index contributed by atoms with van der Waals surface area (Å²) in [7, 11) is 1.60. The zero-order valence-corrected chi connectivity index (χ0v) is 19.7. The van der Waals surface area contributed by atoms with Gasteiger partial charge in [-0.25, -0.2) is 0 Å². The lowest BCUT2D eigenvalue weighted by Gasteiger charge is -2.16. The molecular weight excluding hydrogens is 470 g/mol. The number of nitro groups is 1. The van der Waals surface area contributed by atoms with Gasteiger partial charge in [-0.1, -0.05) is 23.4 Å². The van der Waals surface area contributed by atoms with Crippen LogP contribution in [0.25, 0.3) is 0 Å². The second-order valence-corrected chi connectivity index (χ2v) is 8.13. The molecule has 33 heavy (non-hydrogen) atoms. The fourth-order valence-electron chi connectivity index (χ4n) is 2.95. The molecule has 0 aliphatic heterocycles. The molecule has 1 heterocycles. The van der Waals surface area contributed by atoms with Gasteiger partial charge >= 0.3 is 0 Å². The molecule has 0 saturated heterocycles. The molecule has 1 aromatic heterocycles. The molecular formula is C21H22ClN5O5S. The average Bonchev–Trinajstić information content (AvgIpc) is 3.22. The molecule has 3 rings (SSSR count). The van der Waals surface area contributed by atoms with Crippen LogP contribution in [0, 0.1) is 10.1 Å². The van der Waals surface area contributed by atoms with Crippen molar-refractivity contribution >= 4 is 40.6 Å². The smallest absolute Gasteiger partial charge is 0.271 e. The van der Waals surface area contributed by atoms with Crippen molar-refractivity contribution in [3.05, 3.63) is 63.4 Å². The molecule has 0 spiro atoms.